The minimum Gasteiger partial charge on any atom is -0.332 e. The molecule has 0 spiro atoms. The highest BCUT2D eigenvalue weighted by Crippen LogP contribution is 2.25. The number of unbranched alkanes of at least 4 members (excludes halogenated alkanes) is 2. The molecule has 0 aliphatic rings. The Balaban J connectivity index is 1.81. The summed E-state index contributed by atoms with van der Waals surface area (Å²) >= 11 is 6.12. The molecule has 180 valence electrons. The van der Waals surface area contributed by atoms with Crippen molar-refractivity contribution in [3.63, 3.8) is 0 Å². The monoisotopic (exact) mass is 487 g/mol. The number of carbonyl (C=O) groups excluding carboxylic acids is 1. The second-order valence-corrected chi connectivity index (χ2v) is 9.17. The molecule has 6 heteroatoms. The van der Waals surface area contributed by atoms with E-state index in [0.717, 1.165) is 24.8 Å². The Kier molecular flexibility index (Phi) is 7.98. The molecule has 4 aromatic rings. The molecule has 1 aromatic heterocycles. The van der Waals surface area contributed by atoms with Gasteiger partial charge in [0.2, 0.25) is 5.91 Å². The average molecular weight is 488 g/mol. The first-order valence-corrected chi connectivity index (χ1v) is 12.5. The lowest BCUT2D eigenvalue weighted by molar-refractivity contribution is -0.133. The van der Waals surface area contributed by atoms with Gasteiger partial charge in [0.05, 0.1) is 29.1 Å². The molecule has 4 rings (SSSR count). The third-order valence-electron chi connectivity index (χ3n) is 6.25. The van der Waals surface area contributed by atoms with E-state index in [1.54, 1.807) is 22.8 Å². The highest BCUT2D eigenvalue weighted by atomic mass is 35.5. The van der Waals surface area contributed by atoms with Crippen LogP contribution in [0.15, 0.2) is 83.7 Å². The van der Waals surface area contributed by atoms with Gasteiger partial charge in [-0.05, 0) is 55.3 Å². The normalized spacial score (nSPS) is 12.0. The molecule has 0 fully saturated rings. The zero-order valence-corrected chi connectivity index (χ0v) is 20.9. The van der Waals surface area contributed by atoms with Gasteiger partial charge in [0.25, 0.3) is 5.56 Å². The zero-order chi connectivity index (χ0) is 24.8. The zero-order valence-electron chi connectivity index (χ0n) is 20.2. The van der Waals surface area contributed by atoms with Gasteiger partial charge in [-0.2, -0.15) is 0 Å². The van der Waals surface area contributed by atoms with Gasteiger partial charge in [-0.1, -0.05) is 73.8 Å². The first-order valence-electron chi connectivity index (χ1n) is 12.1. The summed E-state index contributed by atoms with van der Waals surface area (Å²) < 4.78 is 1.62. The van der Waals surface area contributed by atoms with E-state index in [2.05, 4.69) is 6.92 Å². The minimum atomic E-state index is -0.406. The number of benzene rings is 3. The number of halogens is 1. The summed E-state index contributed by atoms with van der Waals surface area (Å²) in [7, 11) is 0. The topological polar surface area (TPSA) is 55.2 Å². The summed E-state index contributed by atoms with van der Waals surface area (Å²) in [5.41, 5.74) is 2.09. The number of hydrogen-bond donors (Lipinski definition) is 0. The predicted octanol–water partition coefficient (Wildman–Crippen LogP) is 6.36. The van der Waals surface area contributed by atoms with E-state index >= 15 is 0 Å². The second kappa shape index (κ2) is 11.3. The van der Waals surface area contributed by atoms with E-state index in [0.29, 0.717) is 40.4 Å². The summed E-state index contributed by atoms with van der Waals surface area (Å²) in [5, 5.41) is 1.12. The lowest BCUT2D eigenvalue weighted by atomic mass is 10.1. The maximum atomic E-state index is 13.7. The van der Waals surface area contributed by atoms with Gasteiger partial charge in [0, 0.05) is 11.6 Å². The largest absolute Gasteiger partial charge is 0.332 e. The third kappa shape index (κ3) is 5.63. The highest BCUT2D eigenvalue weighted by molar-refractivity contribution is 6.30. The molecule has 0 saturated heterocycles. The van der Waals surface area contributed by atoms with Crippen molar-refractivity contribution in [3.8, 4) is 5.69 Å². The van der Waals surface area contributed by atoms with E-state index in [1.807, 2.05) is 72.5 Å². The van der Waals surface area contributed by atoms with Gasteiger partial charge in [0.1, 0.15) is 5.82 Å². The van der Waals surface area contributed by atoms with Crippen molar-refractivity contribution in [3.05, 3.63) is 106 Å². The fourth-order valence-corrected chi connectivity index (χ4v) is 4.47. The van der Waals surface area contributed by atoms with E-state index in [4.69, 9.17) is 16.6 Å². The Labute approximate surface area is 211 Å². The van der Waals surface area contributed by atoms with Crippen molar-refractivity contribution in [2.24, 2.45) is 0 Å². The SMILES string of the molecule is CCCCCN(C(=O)Cc1ccccc1)C(C)c1nc2ccccc2c(=O)n1-c1ccc(Cl)cc1. The molecule has 5 nitrogen and oxygen atoms in total. The number of carbonyl (C=O) groups is 1. The Morgan fingerprint density at radius 3 is 2.37 bits per heavy atom. The first-order chi connectivity index (χ1) is 17.0. The number of rotatable bonds is 9. The van der Waals surface area contributed by atoms with Crippen LogP contribution in [0.25, 0.3) is 16.6 Å². The van der Waals surface area contributed by atoms with Crippen molar-refractivity contribution in [2.75, 3.05) is 6.54 Å². The van der Waals surface area contributed by atoms with Crippen molar-refractivity contribution < 1.29 is 4.79 Å². The molecule has 1 unspecified atom stereocenters. The van der Waals surface area contributed by atoms with Gasteiger partial charge in [-0.25, -0.2) is 4.98 Å². The van der Waals surface area contributed by atoms with Crippen LogP contribution in [0.2, 0.25) is 5.02 Å². The molecule has 1 heterocycles. The molecule has 35 heavy (non-hydrogen) atoms. The van der Waals surface area contributed by atoms with Crippen LogP contribution in [0.1, 0.15) is 50.5 Å². The first kappa shape index (κ1) is 24.7. The van der Waals surface area contributed by atoms with Crippen LogP contribution in [-0.2, 0) is 11.2 Å². The van der Waals surface area contributed by atoms with E-state index in [-0.39, 0.29) is 11.5 Å². The quantitative estimate of drug-likeness (QED) is 0.258. The molecular weight excluding hydrogens is 458 g/mol. The smallest absolute Gasteiger partial charge is 0.266 e. The van der Waals surface area contributed by atoms with Crippen molar-refractivity contribution in [1.29, 1.82) is 0 Å². The summed E-state index contributed by atoms with van der Waals surface area (Å²) in [4.78, 5) is 34.0. The minimum absolute atomic E-state index is 0.0184. The predicted molar refractivity (Wildman–Crippen MR) is 142 cm³/mol. The van der Waals surface area contributed by atoms with Crippen LogP contribution in [0.5, 0.6) is 0 Å². The standard InChI is InChI=1S/C29H30ClN3O2/c1-3-4-10-19-32(27(34)20-22-11-6-5-7-12-22)21(2)28-31-26-14-9-8-13-25(26)29(35)33(28)24-17-15-23(30)16-18-24/h5-9,11-18,21H,3-4,10,19-20H2,1-2H3. The van der Waals surface area contributed by atoms with Crippen LogP contribution in [-0.4, -0.2) is 26.9 Å². The fourth-order valence-electron chi connectivity index (χ4n) is 4.35. The third-order valence-corrected chi connectivity index (χ3v) is 6.50. The molecule has 0 N–H and O–H groups in total. The number of fused-ring (bicyclic) bond motifs is 1. The van der Waals surface area contributed by atoms with Crippen molar-refractivity contribution in [2.45, 2.75) is 45.6 Å². The van der Waals surface area contributed by atoms with Crippen LogP contribution in [0.4, 0.5) is 0 Å². The van der Waals surface area contributed by atoms with Gasteiger partial charge in [-0.15, -0.1) is 0 Å². The van der Waals surface area contributed by atoms with Gasteiger partial charge in [-0.3, -0.25) is 14.2 Å². The van der Waals surface area contributed by atoms with Gasteiger partial charge >= 0.3 is 0 Å². The average Bonchev–Trinajstić information content (AvgIpc) is 2.87. The number of nitrogens with zero attached hydrogens (tertiary/aromatic N) is 3. The molecule has 0 saturated carbocycles. The molecular formula is C29H30ClN3O2. The maximum absolute atomic E-state index is 13.7. The summed E-state index contributed by atoms with van der Waals surface area (Å²) in [6, 6.07) is 23.8. The highest BCUT2D eigenvalue weighted by Gasteiger charge is 2.26. The van der Waals surface area contributed by atoms with E-state index in [1.165, 1.54) is 0 Å². The van der Waals surface area contributed by atoms with Gasteiger partial charge < -0.3 is 4.90 Å². The molecule has 1 atom stereocenters. The maximum Gasteiger partial charge on any atom is 0.266 e. The number of amides is 1. The molecule has 3 aromatic carbocycles. The lowest BCUT2D eigenvalue weighted by Gasteiger charge is -2.31. The van der Waals surface area contributed by atoms with Crippen LogP contribution >= 0.6 is 11.6 Å². The van der Waals surface area contributed by atoms with E-state index in [9.17, 15) is 9.59 Å². The number of hydrogen-bond acceptors (Lipinski definition) is 3. The number of para-hydroxylation sites is 1. The molecule has 1 amide bonds. The summed E-state index contributed by atoms with van der Waals surface area (Å²) in [5.74, 6) is 0.554. The summed E-state index contributed by atoms with van der Waals surface area (Å²) in [6.07, 6.45) is 3.27. The Hall–Kier alpha value is -3.44. The Morgan fingerprint density at radius 2 is 1.66 bits per heavy atom. The molecule has 0 aliphatic carbocycles. The summed E-state index contributed by atoms with van der Waals surface area (Å²) in [6.45, 7) is 4.70. The van der Waals surface area contributed by atoms with Crippen LogP contribution in [0, 0.1) is 0 Å². The van der Waals surface area contributed by atoms with Crippen molar-refractivity contribution >= 4 is 28.4 Å². The lowest BCUT2D eigenvalue weighted by Crippen LogP contribution is -2.39. The fraction of sp³-hybridized carbons (Fsp3) is 0.276. The van der Waals surface area contributed by atoms with Gasteiger partial charge in [0.15, 0.2) is 0 Å². The van der Waals surface area contributed by atoms with Crippen molar-refractivity contribution in [1.82, 2.24) is 14.5 Å². The number of aromatic nitrogens is 2. The Bertz CT molecular complexity index is 1350. The second-order valence-electron chi connectivity index (χ2n) is 8.74. The van der Waals surface area contributed by atoms with E-state index < -0.39 is 6.04 Å². The molecule has 0 radical (unpaired) electrons. The van der Waals surface area contributed by atoms with Crippen LogP contribution < -0.4 is 5.56 Å². The molecule has 0 bridgehead atoms. The molecule has 0 aliphatic heterocycles. The Morgan fingerprint density at radius 1 is 0.971 bits per heavy atom. The van der Waals surface area contributed by atoms with Crippen LogP contribution in [0.3, 0.4) is 0 Å².